The molecule has 1 atom stereocenters. The second-order valence-corrected chi connectivity index (χ2v) is 8.20. The number of aromatic nitrogens is 2. The van der Waals surface area contributed by atoms with E-state index in [1.54, 1.807) is 0 Å². The molecule has 1 aliphatic heterocycles. The van der Waals surface area contributed by atoms with Crippen molar-refractivity contribution < 1.29 is 8.42 Å². The van der Waals surface area contributed by atoms with Crippen molar-refractivity contribution in [3.05, 3.63) is 30.1 Å². The molecule has 0 spiro atoms. The van der Waals surface area contributed by atoms with Gasteiger partial charge in [0.15, 0.2) is 0 Å². The van der Waals surface area contributed by atoms with E-state index in [0.717, 1.165) is 42.9 Å². The van der Waals surface area contributed by atoms with Gasteiger partial charge in [0, 0.05) is 27.2 Å². The Kier molecular flexibility index (Phi) is 4.67. The van der Waals surface area contributed by atoms with Crippen LogP contribution in [0.4, 0.5) is 0 Å². The molecule has 0 bridgehead atoms. The van der Waals surface area contributed by atoms with Gasteiger partial charge in [-0.05, 0) is 31.0 Å². The standard InChI is InChI=1S/C15H23N5O2S/c1-19(2)23(21,22)16-9-12-7-8-20(10-12)11-15-17-13-5-3-4-6-14(13)18-15/h3-6,12,16H,7-11H2,1-2H3,(H,17,18). The van der Waals surface area contributed by atoms with Gasteiger partial charge >= 0.3 is 0 Å². The zero-order valence-corrected chi connectivity index (χ0v) is 14.3. The van der Waals surface area contributed by atoms with Crippen LogP contribution < -0.4 is 4.72 Å². The highest BCUT2D eigenvalue weighted by Crippen LogP contribution is 2.19. The van der Waals surface area contributed by atoms with Crippen molar-refractivity contribution >= 4 is 21.2 Å². The SMILES string of the molecule is CN(C)S(=O)(=O)NCC1CCN(Cc2nc3ccccc3[nH]2)C1. The van der Waals surface area contributed by atoms with E-state index in [0.29, 0.717) is 12.5 Å². The Morgan fingerprint density at radius 3 is 2.91 bits per heavy atom. The number of nitrogens with one attached hydrogen (secondary N) is 2. The minimum atomic E-state index is -3.33. The maximum atomic E-state index is 11.7. The highest BCUT2D eigenvalue weighted by Gasteiger charge is 2.25. The second-order valence-electron chi connectivity index (χ2n) is 6.23. The first kappa shape index (κ1) is 16.4. The molecule has 1 fully saturated rings. The fourth-order valence-electron chi connectivity index (χ4n) is 2.87. The van der Waals surface area contributed by atoms with Crippen LogP contribution in [0.2, 0.25) is 0 Å². The summed E-state index contributed by atoms with van der Waals surface area (Å²) in [7, 11) is -0.268. The summed E-state index contributed by atoms with van der Waals surface area (Å²) in [6, 6.07) is 8.00. The first-order valence-corrected chi connectivity index (χ1v) is 9.21. The average Bonchev–Trinajstić information content (AvgIpc) is 3.11. The third kappa shape index (κ3) is 3.89. The molecule has 8 heteroatoms. The smallest absolute Gasteiger partial charge is 0.278 e. The second kappa shape index (κ2) is 6.56. The Balaban J connectivity index is 1.53. The summed E-state index contributed by atoms with van der Waals surface area (Å²) >= 11 is 0. The van der Waals surface area contributed by atoms with Gasteiger partial charge in [0.1, 0.15) is 5.82 Å². The van der Waals surface area contributed by atoms with E-state index < -0.39 is 10.2 Å². The number of nitrogens with zero attached hydrogens (tertiary/aromatic N) is 3. The van der Waals surface area contributed by atoms with E-state index in [4.69, 9.17) is 0 Å². The molecule has 0 saturated carbocycles. The monoisotopic (exact) mass is 337 g/mol. The first-order valence-electron chi connectivity index (χ1n) is 7.77. The van der Waals surface area contributed by atoms with Crippen LogP contribution >= 0.6 is 0 Å². The fourth-order valence-corrected chi connectivity index (χ4v) is 3.57. The summed E-state index contributed by atoms with van der Waals surface area (Å²) < 4.78 is 27.3. The summed E-state index contributed by atoms with van der Waals surface area (Å²) in [5.74, 6) is 1.30. The lowest BCUT2D eigenvalue weighted by atomic mass is 10.1. The van der Waals surface area contributed by atoms with E-state index in [2.05, 4.69) is 19.6 Å². The number of H-pyrrole nitrogens is 1. The largest absolute Gasteiger partial charge is 0.341 e. The number of benzene rings is 1. The molecule has 1 aliphatic rings. The zero-order valence-electron chi connectivity index (χ0n) is 13.5. The predicted molar refractivity (Wildman–Crippen MR) is 90.1 cm³/mol. The van der Waals surface area contributed by atoms with E-state index in [9.17, 15) is 8.42 Å². The molecule has 1 aromatic heterocycles. The highest BCUT2D eigenvalue weighted by atomic mass is 32.2. The summed E-state index contributed by atoms with van der Waals surface area (Å²) in [4.78, 5) is 10.2. The molecule has 0 radical (unpaired) electrons. The quantitative estimate of drug-likeness (QED) is 0.816. The fraction of sp³-hybridized carbons (Fsp3) is 0.533. The minimum absolute atomic E-state index is 0.342. The molecule has 126 valence electrons. The van der Waals surface area contributed by atoms with Crippen LogP contribution in [0.5, 0.6) is 0 Å². The Bertz CT molecular complexity index is 738. The molecular weight excluding hydrogens is 314 g/mol. The molecule has 3 rings (SSSR count). The molecule has 1 saturated heterocycles. The number of aromatic amines is 1. The van der Waals surface area contributed by atoms with Crippen LogP contribution in [0.3, 0.4) is 0 Å². The number of hydrogen-bond donors (Lipinski definition) is 2. The number of rotatable bonds is 6. The Morgan fingerprint density at radius 1 is 1.39 bits per heavy atom. The van der Waals surface area contributed by atoms with Gasteiger partial charge in [-0.1, -0.05) is 12.1 Å². The van der Waals surface area contributed by atoms with Crippen molar-refractivity contribution in [2.75, 3.05) is 33.7 Å². The van der Waals surface area contributed by atoms with Crippen LogP contribution in [0.15, 0.2) is 24.3 Å². The Morgan fingerprint density at radius 2 is 2.17 bits per heavy atom. The summed E-state index contributed by atoms with van der Waals surface area (Å²) in [5.41, 5.74) is 2.04. The van der Waals surface area contributed by atoms with Gasteiger partial charge in [0.25, 0.3) is 10.2 Å². The topological polar surface area (TPSA) is 81.3 Å². The number of imidazole rings is 1. The molecule has 2 N–H and O–H groups in total. The van der Waals surface area contributed by atoms with E-state index in [1.807, 2.05) is 24.3 Å². The minimum Gasteiger partial charge on any atom is -0.341 e. The van der Waals surface area contributed by atoms with Gasteiger partial charge in [0.2, 0.25) is 0 Å². The molecule has 23 heavy (non-hydrogen) atoms. The molecule has 0 amide bonds. The van der Waals surface area contributed by atoms with Gasteiger partial charge in [-0.3, -0.25) is 4.90 Å². The van der Waals surface area contributed by atoms with Crippen molar-refractivity contribution in [3.63, 3.8) is 0 Å². The van der Waals surface area contributed by atoms with Crippen molar-refractivity contribution in [3.8, 4) is 0 Å². The highest BCUT2D eigenvalue weighted by molar-refractivity contribution is 7.87. The zero-order chi connectivity index (χ0) is 16.4. The first-order chi connectivity index (χ1) is 10.9. The lowest BCUT2D eigenvalue weighted by molar-refractivity contribution is 0.309. The van der Waals surface area contributed by atoms with E-state index in [1.165, 1.54) is 18.4 Å². The number of likely N-dealkylation sites (tertiary alicyclic amines) is 1. The van der Waals surface area contributed by atoms with Gasteiger partial charge in [0.05, 0.1) is 17.6 Å². The predicted octanol–water partition coefficient (Wildman–Crippen LogP) is 0.781. The normalized spacial score (nSPS) is 19.9. The number of hydrogen-bond acceptors (Lipinski definition) is 4. The number of para-hydroxylation sites is 2. The summed E-state index contributed by atoms with van der Waals surface area (Å²) in [6.45, 7) is 3.10. The third-order valence-electron chi connectivity index (χ3n) is 4.22. The summed E-state index contributed by atoms with van der Waals surface area (Å²) in [6.07, 6.45) is 0.996. The molecule has 1 aromatic carbocycles. The molecular formula is C15H23N5O2S. The van der Waals surface area contributed by atoms with Crippen LogP contribution in [0.1, 0.15) is 12.2 Å². The third-order valence-corrected chi connectivity index (χ3v) is 5.71. The van der Waals surface area contributed by atoms with Gasteiger partial charge < -0.3 is 4.98 Å². The van der Waals surface area contributed by atoms with Gasteiger partial charge in [-0.15, -0.1) is 0 Å². The van der Waals surface area contributed by atoms with Gasteiger partial charge in [-0.25, -0.2) is 9.71 Å². The Hall–Kier alpha value is -1.48. The molecule has 2 aromatic rings. The molecule has 0 aliphatic carbocycles. The lowest BCUT2D eigenvalue weighted by Crippen LogP contribution is -2.38. The summed E-state index contributed by atoms with van der Waals surface area (Å²) in [5, 5.41) is 0. The van der Waals surface area contributed by atoms with E-state index in [-0.39, 0.29) is 0 Å². The number of fused-ring (bicyclic) bond motifs is 1. The van der Waals surface area contributed by atoms with Gasteiger partial charge in [-0.2, -0.15) is 12.7 Å². The van der Waals surface area contributed by atoms with Crippen LogP contribution in [0, 0.1) is 5.92 Å². The average molecular weight is 337 g/mol. The molecule has 2 heterocycles. The molecule has 1 unspecified atom stereocenters. The Labute approximate surface area is 136 Å². The van der Waals surface area contributed by atoms with Crippen molar-refractivity contribution in [1.29, 1.82) is 0 Å². The maximum Gasteiger partial charge on any atom is 0.278 e. The van der Waals surface area contributed by atoms with Crippen LogP contribution in [0.25, 0.3) is 11.0 Å². The maximum absolute atomic E-state index is 11.7. The van der Waals surface area contributed by atoms with Crippen LogP contribution in [-0.2, 0) is 16.8 Å². The van der Waals surface area contributed by atoms with Crippen LogP contribution in [-0.4, -0.2) is 61.3 Å². The van der Waals surface area contributed by atoms with Crippen molar-refractivity contribution in [2.45, 2.75) is 13.0 Å². The molecule has 7 nitrogen and oxygen atoms in total. The van der Waals surface area contributed by atoms with E-state index >= 15 is 0 Å². The van der Waals surface area contributed by atoms with Crippen molar-refractivity contribution in [1.82, 2.24) is 23.9 Å². The van der Waals surface area contributed by atoms with Crippen molar-refractivity contribution in [2.24, 2.45) is 5.92 Å². The lowest BCUT2D eigenvalue weighted by Gasteiger charge is -2.16.